The second-order valence-corrected chi connectivity index (χ2v) is 10.7. The monoisotopic (exact) mass is 636 g/mol. The lowest BCUT2D eigenvalue weighted by molar-refractivity contribution is -0.274. The van der Waals surface area contributed by atoms with Gasteiger partial charge < -0.3 is 4.74 Å². The van der Waals surface area contributed by atoms with Gasteiger partial charge in [0.25, 0.3) is 0 Å². The molecule has 0 atom stereocenters. The van der Waals surface area contributed by atoms with Gasteiger partial charge >= 0.3 is 6.36 Å². The molecule has 0 bridgehead atoms. The summed E-state index contributed by atoms with van der Waals surface area (Å²) in [6, 6.07) is 22.0. The highest BCUT2D eigenvalue weighted by molar-refractivity contribution is 8.13. The Bertz CT molecular complexity index is 1800. The van der Waals surface area contributed by atoms with Crippen LogP contribution in [0.3, 0.4) is 0 Å². The lowest BCUT2D eigenvalue weighted by Crippen LogP contribution is -2.17. The Morgan fingerprint density at radius 2 is 1.56 bits per heavy atom. The van der Waals surface area contributed by atoms with Crippen molar-refractivity contribution in [2.45, 2.75) is 26.0 Å². The van der Waals surface area contributed by atoms with Crippen LogP contribution in [0, 0.1) is 25.5 Å². The van der Waals surface area contributed by atoms with Crippen molar-refractivity contribution in [1.82, 2.24) is 20.2 Å². The molecule has 0 aliphatic carbocycles. The smallest absolute Gasteiger partial charge is 0.406 e. The van der Waals surface area contributed by atoms with Crippen LogP contribution in [-0.4, -0.2) is 32.5 Å². The molecule has 45 heavy (non-hydrogen) atoms. The van der Waals surface area contributed by atoms with Gasteiger partial charge in [-0.2, -0.15) is 5.10 Å². The fourth-order valence-corrected chi connectivity index (χ4v) is 5.01. The SMILES string of the molecule is Cc1cccc(C)c1/N=C(/N/N=C/c1ccc(-c2ncn(-c3ccc(OC(F)(F)F)cc3)n2)cc1)SCc1c(F)cccc1F. The van der Waals surface area contributed by atoms with Gasteiger partial charge in [0, 0.05) is 16.9 Å². The van der Waals surface area contributed by atoms with Crippen molar-refractivity contribution in [3.8, 4) is 22.8 Å². The Labute approximate surface area is 259 Å². The van der Waals surface area contributed by atoms with Gasteiger partial charge in [0.1, 0.15) is 23.7 Å². The van der Waals surface area contributed by atoms with Crippen molar-refractivity contribution in [3.05, 3.63) is 125 Å². The number of aliphatic imine (C=N–C) groups is 1. The van der Waals surface area contributed by atoms with E-state index in [1.165, 1.54) is 53.5 Å². The standard InChI is InChI=1S/C32H25F5N6OS/c1-20-5-3-6-21(2)29(20)40-31(45-18-26-27(33)7-4-8-28(26)34)41-39-17-22-9-11-23(12-10-22)30-38-19-43(42-30)24-13-15-25(16-14-24)44-32(35,36)37/h3-17,19H,18H2,1-2H3,(H,40,41)/b39-17+. The lowest BCUT2D eigenvalue weighted by Gasteiger charge is -2.10. The van der Waals surface area contributed by atoms with Gasteiger partial charge in [0.2, 0.25) is 0 Å². The number of halogens is 5. The van der Waals surface area contributed by atoms with Crippen molar-refractivity contribution in [2.75, 3.05) is 0 Å². The molecule has 4 aromatic carbocycles. The normalized spacial score (nSPS) is 12.1. The third-order valence-corrected chi connectivity index (χ3v) is 7.33. The summed E-state index contributed by atoms with van der Waals surface area (Å²) in [6.45, 7) is 3.85. The van der Waals surface area contributed by atoms with Crippen molar-refractivity contribution in [3.63, 3.8) is 0 Å². The van der Waals surface area contributed by atoms with E-state index in [2.05, 4.69) is 25.3 Å². The number of nitrogens with one attached hydrogen (secondary N) is 1. The fraction of sp³-hybridized carbons (Fsp3) is 0.125. The average molecular weight is 637 g/mol. The molecular formula is C32H25F5N6OS. The molecule has 0 unspecified atom stereocenters. The topological polar surface area (TPSA) is 76.7 Å². The van der Waals surface area contributed by atoms with E-state index in [-0.39, 0.29) is 17.1 Å². The second kappa shape index (κ2) is 13.7. The third kappa shape index (κ3) is 8.32. The maximum absolute atomic E-state index is 14.2. The molecule has 1 aromatic heterocycles. The first-order valence-electron chi connectivity index (χ1n) is 13.4. The number of nitrogens with zero attached hydrogens (tertiary/aromatic N) is 5. The number of benzene rings is 4. The van der Waals surface area contributed by atoms with E-state index in [0.29, 0.717) is 22.2 Å². The molecular weight excluding hydrogens is 611 g/mol. The number of hydrogen-bond acceptors (Lipinski definition) is 6. The molecule has 0 saturated heterocycles. The van der Waals surface area contributed by atoms with Crippen LogP contribution in [0.2, 0.25) is 0 Å². The highest BCUT2D eigenvalue weighted by Gasteiger charge is 2.31. The zero-order valence-corrected chi connectivity index (χ0v) is 24.7. The van der Waals surface area contributed by atoms with Gasteiger partial charge in [0.05, 0.1) is 17.6 Å². The van der Waals surface area contributed by atoms with Crippen LogP contribution in [0.4, 0.5) is 27.6 Å². The average Bonchev–Trinajstić information content (AvgIpc) is 3.49. The van der Waals surface area contributed by atoms with Crippen LogP contribution >= 0.6 is 11.8 Å². The number of aryl methyl sites for hydroxylation is 2. The van der Waals surface area contributed by atoms with Crippen LogP contribution < -0.4 is 10.2 Å². The summed E-state index contributed by atoms with van der Waals surface area (Å²) in [5.74, 6) is -1.19. The van der Waals surface area contributed by atoms with E-state index >= 15 is 0 Å². The molecule has 0 aliphatic rings. The van der Waals surface area contributed by atoms with Crippen LogP contribution in [0.25, 0.3) is 17.1 Å². The molecule has 0 amide bonds. The summed E-state index contributed by atoms with van der Waals surface area (Å²) < 4.78 is 71.1. The predicted octanol–water partition coefficient (Wildman–Crippen LogP) is 8.27. The zero-order chi connectivity index (χ0) is 32.0. The Kier molecular flexibility index (Phi) is 9.57. The number of rotatable bonds is 8. The highest BCUT2D eigenvalue weighted by Crippen LogP contribution is 2.27. The number of hydrogen-bond donors (Lipinski definition) is 1. The minimum Gasteiger partial charge on any atom is -0.406 e. The van der Waals surface area contributed by atoms with Gasteiger partial charge in [-0.1, -0.05) is 60.3 Å². The Hall–Kier alpha value is -5.04. The zero-order valence-electron chi connectivity index (χ0n) is 23.9. The summed E-state index contributed by atoms with van der Waals surface area (Å²) in [6.07, 6.45) is -1.74. The van der Waals surface area contributed by atoms with E-state index in [4.69, 9.17) is 4.99 Å². The Balaban J connectivity index is 1.28. The van der Waals surface area contributed by atoms with Gasteiger partial charge in [-0.15, -0.1) is 18.3 Å². The fourth-order valence-electron chi connectivity index (χ4n) is 4.18. The van der Waals surface area contributed by atoms with Gasteiger partial charge in [-0.25, -0.2) is 23.4 Å². The molecule has 13 heteroatoms. The first kappa shape index (κ1) is 31.4. The molecule has 0 spiro atoms. The van der Waals surface area contributed by atoms with E-state index < -0.39 is 18.0 Å². The molecule has 7 nitrogen and oxygen atoms in total. The molecule has 1 N–H and O–H groups in total. The summed E-state index contributed by atoms with van der Waals surface area (Å²) in [5, 5.41) is 9.06. The number of aromatic nitrogens is 3. The molecule has 230 valence electrons. The Morgan fingerprint density at radius 1 is 0.911 bits per heavy atom. The minimum atomic E-state index is -4.77. The number of ether oxygens (including phenoxy) is 1. The highest BCUT2D eigenvalue weighted by atomic mass is 32.2. The third-order valence-electron chi connectivity index (χ3n) is 6.44. The van der Waals surface area contributed by atoms with Crippen LogP contribution in [0.15, 0.2) is 101 Å². The van der Waals surface area contributed by atoms with Gasteiger partial charge in [-0.3, -0.25) is 5.43 Å². The number of para-hydroxylation sites is 1. The first-order chi connectivity index (χ1) is 21.6. The summed E-state index contributed by atoms with van der Waals surface area (Å²) in [7, 11) is 0. The number of thioether (sulfide) groups is 1. The quantitative estimate of drug-likeness (QED) is 0.0803. The van der Waals surface area contributed by atoms with E-state index in [1.54, 1.807) is 30.5 Å². The second-order valence-electron chi connectivity index (χ2n) is 9.69. The van der Waals surface area contributed by atoms with E-state index in [9.17, 15) is 22.0 Å². The molecule has 5 aromatic rings. The number of alkyl halides is 3. The first-order valence-corrected chi connectivity index (χ1v) is 14.4. The van der Waals surface area contributed by atoms with E-state index in [1.807, 2.05) is 32.0 Å². The predicted molar refractivity (Wildman–Crippen MR) is 165 cm³/mol. The largest absolute Gasteiger partial charge is 0.573 e. The van der Waals surface area contributed by atoms with Crippen LogP contribution in [0.1, 0.15) is 22.3 Å². The maximum Gasteiger partial charge on any atom is 0.573 e. The van der Waals surface area contributed by atoms with Crippen molar-refractivity contribution in [1.29, 1.82) is 0 Å². The molecule has 0 fully saturated rings. The molecule has 0 saturated carbocycles. The van der Waals surface area contributed by atoms with Crippen LogP contribution in [-0.2, 0) is 5.75 Å². The summed E-state index contributed by atoms with van der Waals surface area (Å²) in [5.41, 5.74) is 7.41. The van der Waals surface area contributed by atoms with Crippen molar-refractivity contribution < 1.29 is 26.7 Å². The Morgan fingerprint density at radius 3 is 2.20 bits per heavy atom. The van der Waals surface area contributed by atoms with Gasteiger partial charge in [-0.05, 0) is 66.9 Å². The summed E-state index contributed by atoms with van der Waals surface area (Å²) >= 11 is 1.12. The summed E-state index contributed by atoms with van der Waals surface area (Å²) in [4.78, 5) is 8.99. The molecule has 5 rings (SSSR count). The molecule has 0 aliphatic heterocycles. The van der Waals surface area contributed by atoms with Crippen molar-refractivity contribution in [2.24, 2.45) is 10.1 Å². The lowest BCUT2D eigenvalue weighted by atomic mass is 10.1. The minimum absolute atomic E-state index is 0.00458. The van der Waals surface area contributed by atoms with Gasteiger partial charge in [0.15, 0.2) is 11.0 Å². The number of hydrazone groups is 1. The molecule has 1 heterocycles. The van der Waals surface area contributed by atoms with E-state index in [0.717, 1.165) is 34.1 Å². The number of amidine groups is 1. The maximum atomic E-state index is 14.2. The van der Waals surface area contributed by atoms with Crippen molar-refractivity contribution >= 4 is 28.8 Å². The molecule has 0 radical (unpaired) electrons. The van der Waals surface area contributed by atoms with Crippen LogP contribution in [0.5, 0.6) is 5.75 Å².